The predicted molar refractivity (Wildman–Crippen MR) is 83.1 cm³/mol. The van der Waals surface area contributed by atoms with Crippen molar-refractivity contribution >= 4 is 28.8 Å². The molecule has 5 heteroatoms. The lowest BCUT2D eigenvalue weighted by atomic mass is 10.0. The van der Waals surface area contributed by atoms with Crippen molar-refractivity contribution in [3.8, 4) is 0 Å². The predicted octanol–water partition coefficient (Wildman–Crippen LogP) is 3.61. The Morgan fingerprint density at radius 1 is 1.45 bits per heavy atom. The van der Waals surface area contributed by atoms with E-state index in [1.165, 1.54) is 16.9 Å². The van der Waals surface area contributed by atoms with E-state index in [4.69, 9.17) is 11.6 Å². The van der Waals surface area contributed by atoms with E-state index in [1.807, 2.05) is 43.5 Å². The van der Waals surface area contributed by atoms with E-state index in [-0.39, 0.29) is 11.9 Å². The monoisotopic (exact) mass is 308 g/mol. The minimum absolute atomic E-state index is 0.00356. The highest BCUT2D eigenvalue weighted by Gasteiger charge is 2.13. The van der Waals surface area contributed by atoms with Crippen LogP contribution in [0.5, 0.6) is 0 Å². The van der Waals surface area contributed by atoms with Crippen molar-refractivity contribution in [2.45, 2.75) is 32.2 Å². The van der Waals surface area contributed by atoms with E-state index >= 15 is 0 Å². The fraction of sp³-hybridized carbons (Fsp3) is 0.333. The van der Waals surface area contributed by atoms with Gasteiger partial charge in [-0.2, -0.15) is 0 Å². The number of alkyl halides is 1. The van der Waals surface area contributed by atoms with Gasteiger partial charge in [0.15, 0.2) is 0 Å². The smallest absolute Gasteiger partial charge is 0.227 e. The summed E-state index contributed by atoms with van der Waals surface area (Å²) in [6.07, 6.45) is 0.303. The molecule has 20 heavy (non-hydrogen) atoms. The van der Waals surface area contributed by atoms with Crippen molar-refractivity contribution in [1.82, 2.24) is 10.3 Å². The molecule has 0 aliphatic carbocycles. The Morgan fingerprint density at radius 3 is 2.85 bits per heavy atom. The lowest BCUT2D eigenvalue weighted by molar-refractivity contribution is -0.121. The van der Waals surface area contributed by atoms with Gasteiger partial charge >= 0.3 is 0 Å². The zero-order chi connectivity index (χ0) is 14.5. The summed E-state index contributed by atoms with van der Waals surface area (Å²) in [7, 11) is 0. The first-order valence-electron chi connectivity index (χ1n) is 6.44. The number of aromatic nitrogens is 1. The molecule has 1 N–H and O–H groups in total. The Hall–Kier alpha value is -1.39. The number of hydrogen-bond donors (Lipinski definition) is 1. The molecule has 1 atom stereocenters. The molecule has 0 fully saturated rings. The van der Waals surface area contributed by atoms with E-state index < -0.39 is 0 Å². The van der Waals surface area contributed by atoms with Gasteiger partial charge in [-0.3, -0.25) is 4.79 Å². The van der Waals surface area contributed by atoms with Crippen LogP contribution in [0.2, 0.25) is 0 Å². The SMILES string of the molecule is Cc1ccccc1C(C)NC(=O)Cc1nc(CCl)cs1. The van der Waals surface area contributed by atoms with Crippen molar-refractivity contribution in [3.05, 3.63) is 51.5 Å². The second kappa shape index (κ2) is 6.86. The molecular formula is C15H17ClN2OS. The van der Waals surface area contributed by atoms with Gasteiger partial charge in [-0.1, -0.05) is 24.3 Å². The summed E-state index contributed by atoms with van der Waals surface area (Å²) >= 11 is 7.17. The van der Waals surface area contributed by atoms with Gasteiger partial charge in [0.05, 0.1) is 24.0 Å². The number of aryl methyl sites for hydroxylation is 1. The molecular weight excluding hydrogens is 292 g/mol. The number of halogens is 1. The Balaban J connectivity index is 1.96. The standard InChI is InChI=1S/C15H17ClN2OS/c1-10-5-3-4-6-13(10)11(2)17-14(19)7-15-18-12(8-16)9-20-15/h3-6,9,11H,7-8H2,1-2H3,(H,17,19). The zero-order valence-electron chi connectivity index (χ0n) is 11.5. The average molecular weight is 309 g/mol. The molecule has 2 rings (SSSR count). The summed E-state index contributed by atoms with van der Waals surface area (Å²) < 4.78 is 0. The van der Waals surface area contributed by atoms with Crippen molar-refractivity contribution in [3.63, 3.8) is 0 Å². The van der Waals surface area contributed by atoms with Crippen LogP contribution in [0.4, 0.5) is 0 Å². The van der Waals surface area contributed by atoms with Gasteiger partial charge in [-0.25, -0.2) is 4.98 Å². The maximum atomic E-state index is 12.0. The van der Waals surface area contributed by atoms with E-state index in [1.54, 1.807) is 0 Å². The molecule has 0 saturated carbocycles. The molecule has 1 heterocycles. The third-order valence-electron chi connectivity index (χ3n) is 3.08. The van der Waals surface area contributed by atoms with Crippen LogP contribution in [-0.2, 0) is 17.1 Å². The van der Waals surface area contributed by atoms with Crippen molar-refractivity contribution in [2.24, 2.45) is 0 Å². The minimum atomic E-state index is -0.0174. The Labute approximate surface area is 128 Å². The molecule has 3 nitrogen and oxygen atoms in total. The van der Waals surface area contributed by atoms with E-state index in [9.17, 15) is 4.79 Å². The molecule has 1 amide bonds. The van der Waals surface area contributed by atoms with Crippen LogP contribution in [0.15, 0.2) is 29.6 Å². The highest BCUT2D eigenvalue weighted by atomic mass is 35.5. The number of hydrogen-bond acceptors (Lipinski definition) is 3. The molecule has 0 bridgehead atoms. The maximum Gasteiger partial charge on any atom is 0.227 e. The maximum absolute atomic E-state index is 12.0. The molecule has 1 aromatic carbocycles. The summed E-state index contributed by atoms with van der Waals surface area (Å²) in [6, 6.07) is 8.06. The number of benzene rings is 1. The molecule has 0 saturated heterocycles. The Bertz CT molecular complexity index is 597. The number of nitrogens with one attached hydrogen (secondary N) is 1. The van der Waals surface area contributed by atoms with Crippen LogP contribution in [-0.4, -0.2) is 10.9 Å². The highest BCUT2D eigenvalue weighted by molar-refractivity contribution is 7.09. The second-order valence-electron chi connectivity index (χ2n) is 4.69. The number of thiazole rings is 1. The van der Waals surface area contributed by atoms with Crippen LogP contribution < -0.4 is 5.32 Å². The first kappa shape index (κ1) is 15.0. The van der Waals surface area contributed by atoms with Crippen molar-refractivity contribution in [1.29, 1.82) is 0 Å². The first-order chi connectivity index (χ1) is 9.60. The molecule has 0 aliphatic heterocycles. The third kappa shape index (κ3) is 3.81. The van der Waals surface area contributed by atoms with E-state index in [2.05, 4.69) is 10.3 Å². The Morgan fingerprint density at radius 2 is 2.20 bits per heavy atom. The van der Waals surface area contributed by atoms with Crippen LogP contribution >= 0.6 is 22.9 Å². The normalized spacial score (nSPS) is 12.2. The third-order valence-corrected chi connectivity index (χ3v) is 4.25. The van der Waals surface area contributed by atoms with E-state index in [0.29, 0.717) is 12.3 Å². The van der Waals surface area contributed by atoms with Gasteiger partial charge in [0.1, 0.15) is 5.01 Å². The van der Waals surface area contributed by atoms with Gasteiger partial charge in [0.25, 0.3) is 0 Å². The topological polar surface area (TPSA) is 42.0 Å². The van der Waals surface area contributed by atoms with Crippen molar-refractivity contribution in [2.75, 3.05) is 0 Å². The van der Waals surface area contributed by atoms with Gasteiger partial charge in [0, 0.05) is 5.38 Å². The number of carbonyl (C=O) groups is 1. The lowest BCUT2D eigenvalue weighted by Crippen LogP contribution is -2.28. The molecule has 106 valence electrons. The van der Waals surface area contributed by atoms with Crippen LogP contribution in [0, 0.1) is 6.92 Å². The summed E-state index contributed by atoms with van der Waals surface area (Å²) in [6.45, 7) is 4.04. The summed E-state index contributed by atoms with van der Waals surface area (Å²) in [5, 5.41) is 5.70. The summed E-state index contributed by atoms with van der Waals surface area (Å²) in [4.78, 5) is 16.3. The zero-order valence-corrected chi connectivity index (χ0v) is 13.1. The molecule has 0 aliphatic rings. The van der Waals surface area contributed by atoms with Crippen molar-refractivity contribution < 1.29 is 4.79 Å². The summed E-state index contributed by atoms with van der Waals surface area (Å²) in [5.41, 5.74) is 3.15. The molecule has 1 aromatic heterocycles. The van der Waals surface area contributed by atoms with Gasteiger partial charge < -0.3 is 5.32 Å². The van der Waals surface area contributed by atoms with E-state index in [0.717, 1.165) is 16.3 Å². The van der Waals surface area contributed by atoms with Crippen LogP contribution in [0.3, 0.4) is 0 Å². The quantitative estimate of drug-likeness (QED) is 0.857. The fourth-order valence-corrected chi connectivity index (χ4v) is 3.09. The van der Waals surface area contributed by atoms with Gasteiger partial charge in [-0.15, -0.1) is 22.9 Å². The van der Waals surface area contributed by atoms with Crippen LogP contribution in [0.1, 0.15) is 34.8 Å². The highest BCUT2D eigenvalue weighted by Crippen LogP contribution is 2.17. The Kier molecular flexibility index (Phi) is 5.15. The minimum Gasteiger partial charge on any atom is -0.349 e. The molecule has 2 aromatic rings. The summed E-state index contributed by atoms with van der Waals surface area (Å²) in [5.74, 6) is 0.369. The number of amides is 1. The van der Waals surface area contributed by atoms with Gasteiger partial charge in [0.2, 0.25) is 5.91 Å². The number of rotatable bonds is 5. The molecule has 0 spiro atoms. The van der Waals surface area contributed by atoms with Crippen LogP contribution in [0.25, 0.3) is 0 Å². The average Bonchev–Trinajstić information content (AvgIpc) is 2.86. The fourth-order valence-electron chi connectivity index (χ4n) is 2.07. The molecule has 1 unspecified atom stereocenters. The molecule has 0 radical (unpaired) electrons. The number of carbonyl (C=O) groups excluding carboxylic acids is 1. The number of nitrogens with zero attached hydrogens (tertiary/aromatic N) is 1. The largest absolute Gasteiger partial charge is 0.349 e. The van der Waals surface area contributed by atoms with Gasteiger partial charge in [-0.05, 0) is 25.0 Å². The first-order valence-corrected chi connectivity index (χ1v) is 7.85. The second-order valence-corrected chi connectivity index (χ2v) is 5.90. The lowest BCUT2D eigenvalue weighted by Gasteiger charge is -2.16.